The van der Waals surface area contributed by atoms with Gasteiger partial charge in [-0.1, -0.05) is 23.7 Å². The van der Waals surface area contributed by atoms with Crippen LogP contribution in [0.1, 0.15) is 20.7 Å². The Morgan fingerprint density at radius 3 is 2.26 bits per heavy atom. The van der Waals surface area contributed by atoms with Gasteiger partial charge in [0, 0.05) is 56.4 Å². The van der Waals surface area contributed by atoms with E-state index in [0.717, 1.165) is 13.1 Å². The van der Waals surface area contributed by atoms with Crippen molar-refractivity contribution in [3.8, 4) is 11.5 Å². The molecule has 2 aliphatic rings. The molecule has 0 unspecified atom stereocenters. The summed E-state index contributed by atoms with van der Waals surface area (Å²) in [5.41, 5.74) is 1.04. The molecule has 1 atom stereocenters. The highest BCUT2D eigenvalue weighted by molar-refractivity contribution is 6.30. The molecule has 2 heterocycles. The number of rotatable bonds is 6. The quantitative estimate of drug-likeness (QED) is 0.624. The molecule has 0 bridgehead atoms. The molecule has 2 saturated heterocycles. The highest BCUT2D eigenvalue weighted by Gasteiger charge is 2.30. The minimum Gasteiger partial charge on any atom is -0.496 e. The molecule has 2 aliphatic heterocycles. The molecule has 0 spiro atoms. The lowest BCUT2D eigenvalue weighted by Gasteiger charge is -2.39. The van der Waals surface area contributed by atoms with Gasteiger partial charge in [0.2, 0.25) is 0 Å². The van der Waals surface area contributed by atoms with Gasteiger partial charge in [0.25, 0.3) is 11.8 Å². The molecule has 9 heteroatoms. The van der Waals surface area contributed by atoms with Gasteiger partial charge in [-0.15, -0.1) is 0 Å². The van der Waals surface area contributed by atoms with Crippen molar-refractivity contribution in [2.45, 2.75) is 6.10 Å². The van der Waals surface area contributed by atoms with Gasteiger partial charge in [0.05, 0.1) is 26.9 Å². The summed E-state index contributed by atoms with van der Waals surface area (Å²) in [5, 5.41) is 0.550. The Morgan fingerprint density at radius 1 is 0.941 bits per heavy atom. The van der Waals surface area contributed by atoms with Crippen LogP contribution in [0.5, 0.6) is 11.5 Å². The zero-order valence-corrected chi connectivity index (χ0v) is 20.3. The van der Waals surface area contributed by atoms with Crippen LogP contribution in [-0.2, 0) is 4.74 Å². The third kappa shape index (κ3) is 5.46. The van der Waals surface area contributed by atoms with Crippen molar-refractivity contribution in [3.63, 3.8) is 0 Å². The number of methoxy groups -OCH3 is 2. The summed E-state index contributed by atoms with van der Waals surface area (Å²) in [5.74, 6) is 0.886. The van der Waals surface area contributed by atoms with Crippen LogP contribution >= 0.6 is 11.6 Å². The van der Waals surface area contributed by atoms with Crippen LogP contribution in [-0.4, -0.2) is 99.3 Å². The molecule has 2 amide bonds. The number of morpholine rings is 1. The summed E-state index contributed by atoms with van der Waals surface area (Å²) in [6.07, 6.45) is -0.0755. The number of nitrogens with zero attached hydrogens (tertiary/aromatic N) is 3. The van der Waals surface area contributed by atoms with Crippen LogP contribution in [0.4, 0.5) is 0 Å². The largest absolute Gasteiger partial charge is 0.496 e. The number of halogens is 1. The highest BCUT2D eigenvalue weighted by Crippen LogP contribution is 2.30. The summed E-state index contributed by atoms with van der Waals surface area (Å²) in [6.45, 7) is 4.95. The second-order valence-corrected chi connectivity index (χ2v) is 8.82. The average molecular weight is 488 g/mol. The first-order chi connectivity index (χ1) is 16.5. The van der Waals surface area contributed by atoms with Crippen LogP contribution in [0.3, 0.4) is 0 Å². The van der Waals surface area contributed by atoms with Gasteiger partial charge in [-0.05, 0) is 30.3 Å². The van der Waals surface area contributed by atoms with E-state index in [1.165, 1.54) is 0 Å². The van der Waals surface area contributed by atoms with E-state index in [4.69, 9.17) is 25.8 Å². The molecule has 34 heavy (non-hydrogen) atoms. The highest BCUT2D eigenvalue weighted by atomic mass is 35.5. The minimum absolute atomic E-state index is 0.0306. The number of carbonyl (C=O) groups excluding carboxylic acids is 2. The van der Waals surface area contributed by atoms with Crippen molar-refractivity contribution >= 4 is 23.4 Å². The van der Waals surface area contributed by atoms with Crippen LogP contribution < -0.4 is 9.47 Å². The van der Waals surface area contributed by atoms with Crippen molar-refractivity contribution in [2.75, 3.05) is 66.6 Å². The molecule has 2 fully saturated rings. The molecule has 0 aromatic heterocycles. The summed E-state index contributed by atoms with van der Waals surface area (Å²) in [6, 6.07) is 12.4. The maximum atomic E-state index is 13.2. The molecule has 8 nitrogen and oxygen atoms in total. The van der Waals surface area contributed by atoms with Crippen molar-refractivity contribution in [1.29, 1.82) is 0 Å². The third-order valence-corrected chi connectivity index (χ3v) is 6.50. The summed E-state index contributed by atoms with van der Waals surface area (Å²) in [4.78, 5) is 32.0. The standard InChI is InChI=1S/C25H30ClN3O5/c1-32-21-7-4-8-22(33-2)23(21)25(31)28-11-9-27(10-12-28)16-20-17-29(13-14-34-20)24(30)18-5-3-6-19(26)15-18/h3-8,15,20H,9-14,16-17H2,1-2H3/t20-/m0/s1. The van der Waals surface area contributed by atoms with E-state index in [0.29, 0.717) is 67.0 Å². The molecule has 4 rings (SSSR count). The topological polar surface area (TPSA) is 71.6 Å². The Bertz CT molecular complexity index is 1000. The summed E-state index contributed by atoms with van der Waals surface area (Å²) in [7, 11) is 3.10. The van der Waals surface area contributed by atoms with Gasteiger partial charge in [-0.2, -0.15) is 0 Å². The van der Waals surface area contributed by atoms with Crippen molar-refractivity contribution in [2.24, 2.45) is 0 Å². The molecule has 2 aromatic rings. The molecular formula is C25H30ClN3O5. The smallest absolute Gasteiger partial charge is 0.261 e. The van der Waals surface area contributed by atoms with Crippen molar-refractivity contribution < 1.29 is 23.8 Å². The van der Waals surface area contributed by atoms with Crippen molar-refractivity contribution in [3.05, 3.63) is 58.6 Å². The SMILES string of the molecule is COc1cccc(OC)c1C(=O)N1CCN(C[C@H]2CN(C(=O)c3cccc(Cl)c3)CCO2)CC1. The Morgan fingerprint density at radius 2 is 1.62 bits per heavy atom. The van der Waals surface area contributed by atoms with Gasteiger partial charge >= 0.3 is 0 Å². The van der Waals surface area contributed by atoms with E-state index in [-0.39, 0.29) is 17.9 Å². The number of carbonyl (C=O) groups is 2. The minimum atomic E-state index is -0.0961. The fourth-order valence-corrected chi connectivity index (χ4v) is 4.65. The number of hydrogen-bond acceptors (Lipinski definition) is 6. The first kappa shape index (κ1) is 24.3. The van der Waals surface area contributed by atoms with Gasteiger partial charge < -0.3 is 24.0 Å². The lowest BCUT2D eigenvalue weighted by atomic mass is 10.1. The van der Waals surface area contributed by atoms with Crippen LogP contribution in [0.2, 0.25) is 5.02 Å². The first-order valence-corrected chi connectivity index (χ1v) is 11.8. The maximum Gasteiger partial charge on any atom is 0.261 e. The number of amides is 2. The second-order valence-electron chi connectivity index (χ2n) is 8.38. The zero-order chi connectivity index (χ0) is 24.1. The lowest BCUT2D eigenvalue weighted by Crippen LogP contribution is -2.54. The van der Waals surface area contributed by atoms with Crippen LogP contribution in [0.25, 0.3) is 0 Å². The zero-order valence-electron chi connectivity index (χ0n) is 19.5. The Kier molecular flexibility index (Phi) is 7.92. The van der Waals surface area contributed by atoms with E-state index < -0.39 is 0 Å². The third-order valence-electron chi connectivity index (χ3n) is 6.26. The Labute approximate surface area is 204 Å². The van der Waals surface area contributed by atoms with E-state index in [9.17, 15) is 9.59 Å². The van der Waals surface area contributed by atoms with Gasteiger partial charge in [0.1, 0.15) is 17.1 Å². The van der Waals surface area contributed by atoms with E-state index in [1.54, 1.807) is 56.7 Å². The number of piperazine rings is 1. The molecule has 2 aromatic carbocycles. The summed E-state index contributed by atoms with van der Waals surface area (Å²) >= 11 is 6.05. The second kappa shape index (κ2) is 11.1. The summed E-state index contributed by atoms with van der Waals surface area (Å²) < 4.78 is 16.7. The molecule has 0 N–H and O–H groups in total. The van der Waals surface area contributed by atoms with Gasteiger partial charge in [-0.3, -0.25) is 14.5 Å². The van der Waals surface area contributed by atoms with E-state index in [1.807, 2.05) is 9.80 Å². The van der Waals surface area contributed by atoms with Crippen molar-refractivity contribution in [1.82, 2.24) is 14.7 Å². The predicted molar refractivity (Wildman–Crippen MR) is 129 cm³/mol. The van der Waals surface area contributed by atoms with Crippen LogP contribution in [0, 0.1) is 0 Å². The number of hydrogen-bond donors (Lipinski definition) is 0. The Hall–Kier alpha value is -2.81. The lowest BCUT2D eigenvalue weighted by molar-refractivity contribution is -0.0400. The van der Waals surface area contributed by atoms with Crippen LogP contribution in [0.15, 0.2) is 42.5 Å². The molecule has 0 saturated carbocycles. The monoisotopic (exact) mass is 487 g/mol. The van der Waals surface area contributed by atoms with Gasteiger partial charge in [-0.25, -0.2) is 0 Å². The maximum absolute atomic E-state index is 13.2. The average Bonchev–Trinajstić information content (AvgIpc) is 2.88. The fraction of sp³-hybridized carbons (Fsp3) is 0.440. The molecular weight excluding hydrogens is 458 g/mol. The number of ether oxygens (including phenoxy) is 3. The molecule has 0 aliphatic carbocycles. The van der Waals surface area contributed by atoms with Gasteiger partial charge in [0.15, 0.2) is 0 Å². The number of benzene rings is 2. The normalized spacial score (nSPS) is 19.1. The molecule has 182 valence electrons. The van der Waals surface area contributed by atoms with E-state index >= 15 is 0 Å². The first-order valence-electron chi connectivity index (χ1n) is 11.4. The fourth-order valence-electron chi connectivity index (χ4n) is 4.46. The molecule has 0 radical (unpaired) electrons. The Balaban J connectivity index is 1.32. The predicted octanol–water partition coefficient (Wildman–Crippen LogP) is 2.66. The van der Waals surface area contributed by atoms with E-state index in [2.05, 4.69) is 4.90 Å².